The normalized spacial score (nSPS) is 12.7. The summed E-state index contributed by atoms with van der Waals surface area (Å²) in [6.07, 6.45) is 1.90. The third-order valence-corrected chi connectivity index (χ3v) is 10.1. The van der Waals surface area contributed by atoms with Crippen molar-refractivity contribution in [3.63, 3.8) is 0 Å². The van der Waals surface area contributed by atoms with Gasteiger partial charge in [-0.2, -0.15) is 0 Å². The molecule has 6 rings (SSSR count). The van der Waals surface area contributed by atoms with Crippen LogP contribution in [0.15, 0.2) is 60.7 Å². The number of fused-ring (bicyclic) bond motifs is 2. The van der Waals surface area contributed by atoms with Crippen molar-refractivity contribution in [2.45, 2.75) is 25.8 Å². The number of ether oxygens (including phenoxy) is 2. The maximum Gasteiger partial charge on any atom is 0.357 e. The fourth-order valence-electron chi connectivity index (χ4n) is 4.94. The predicted molar refractivity (Wildman–Crippen MR) is 175 cm³/mol. The number of aromatic nitrogens is 2. The van der Waals surface area contributed by atoms with Crippen molar-refractivity contribution in [1.29, 1.82) is 0 Å². The van der Waals surface area contributed by atoms with Gasteiger partial charge in [0.05, 0.1) is 23.9 Å². The van der Waals surface area contributed by atoms with Crippen molar-refractivity contribution >= 4 is 77.6 Å². The number of benzene rings is 3. The first-order valence-corrected chi connectivity index (χ1v) is 16.3. The van der Waals surface area contributed by atoms with Crippen LogP contribution in [0.4, 0.5) is 14.7 Å². The Labute approximate surface area is 269 Å². The standard InChI is InChI=1S/C31H26FIN4O4S2/c1-40-29(39)27-26(10-5-15-41-19-11-12-23(33)22(32)16-19)43-31(35-27)37-14-13-18-6-4-7-20(21(18)17-37)28(38)36-30-34-24-8-2-3-9-25(24)42-30/h2-4,6-9,11-12,16H,5,10,13-15,17H2,1H3,(H,34,36,38). The summed E-state index contributed by atoms with van der Waals surface area (Å²) in [6, 6.07) is 18.3. The van der Waals surface area contributed by atoms with Gasteiger partial charge in [-0.15, -0.1) is 11.3 Å². The monoisotopic (exact) mass is 728 g/mol. The minimum atomic E-state index is -0.494. The lowest BCUT2D eigenvalue weighted by molar-refractivity contribution is 0.0593. The van der Waals surface area contributed by atoms with Crippen LogP contribution in [0.5, 0.6) is 5.75 Å². The molecule has 0 saturated heterocycles. The molecule has 1 aliphatic rings. The molecule has 0 saturated carbocycles. The van der Waals surface area contributed by atoms with Crippen molar-refractivity contribution in [3.8, 4) is 5.75 Å². The van der Waals surface area contributed by atoms with Crippen LogP contribution in [0.1, 0.15) is 43.3 Å². The summed E-state index contributed by atoms with van der Waals surface area (Å²) in [7, 11) is 1.34. The number of nitrogens with zero attached hydrogens (tertiary/aromatic N) is 3. The van der Waals surface area contributed by atoms with Crippen LogP contribution < -0.4 is 15.0 Å². The Balaban J connectivity index is 1.17. The highest BCUT2D eigenvalue weighted by atomic mass is 127. The second kappa shape index (κ2) is 12.9. The largest absolute Gasteiger partial charge is 0.493 e. The molecule has 3 aromatic carbocycles. The average Bonchev–Trinajstić information content (AvgIpc) is 3.64. The molecule has 43 heavy (non-hydrogen) atoms. The summed E-state index contributed by atoms with van der Waals surface area (Å²) >= 11 is 4.82. The zero-order chi connectivity index (χ0) is 29.9. The van der Waals surface area contributed by atoms with E-state index in [4.69, 9.17) is 9.47 Å². The number of carbonyl (C=O) groups excluding carboxylic acids is 2. The fourth-order valence-corrected chi connectivity index (χ4v) is 7.25. The van der Waals surface area contributed by atoms with Crippen molar-refractivity contribution in [2.24, 2.45) is 0 Å². The number of carbonyl (C=O) groups is 2. The van der Waals surface area contributed by atoms with Gasteiger partial charge in [0, 0.05) is 33.2 Å². The Bertz CT molecular complexity index is 1790. The van der Waals surface area contributed by atoms with Crippen molar-refractivity contribution in [3.05, 3.63) is 97.3 Å². The molecule has 2 aromatic heterocycles. The van der Waals surface area contributed by atoms with Gasteiger partial charge in [-0.25, -0.2) is 19.2 Å². The van der Waals surface area contributed by atoms with E-state index in [1.807, 2.05) is 65.1 Å². The molecule has 5 aromatic rings. The number of rotatable bonds is 9. The lowest BCUT2D eigenvalue weighted by atomic mass is 9.94. The predicted octanol–water partition coefficient (Wildman–Crippen LogP) is 7.11. The van der Waals surface area contributed by atoms with Crippen LogP contribution in [0, 0.1) is 9.39 Å². The van der Waals surface area contributed by atoms with Gasteiger partial charge >= 0.3 is 5.97 Å². The fraction of sp³-hybridized carbons (Fsp3) is 0.226. The molecular weight excluding hydrogens is 702 g/mol. The molecule has 0 aliphatic carbocycles. The Morgan fingerprint density at radius 3 is 2.77 bits per heavy atom. The van der Waals surface area contributed by atoms with Crippen LogP contribution in [-0.2, 0) is 24.1 Å². The zero-order valence-electron chi connectivity index (χ0n) is 23.1. The lowest BCUT2D eigenvalue weighted by Crippen LogP contribution is -2.32. The van der Waals surface area contributed by atoms with E-state index in [0.29, 0.717) is 57.7 Å². The van der Waals surface area contributed by atoms with Gasteiger partial charge in [0.15, 0.2) is 16.0 Å². The highest BCUT2D eigenvalue weighted by Crippen LogP contribution is 2.33. The van der Waals surface area contributed by atoms with Crippen LogP contribution in [0.25, 0.3) is 10.2 Å². The SMILES string of the molecule is COC(=O)c1nc(N2CCc3cccc(C(=O)Nc4nc5ccccc5s4)c3C2)sc1CCCOc1ccc(I)c(F)c1. The third kappa shape index (κ3) is 6.50. The summed E-state index contributed by atoms with van der Waals surface area (Å²) in [5.74, 6) is -0.558. The molecule has 8 nitrogen and oxygen atoms in total. The number of anilines is 2. The average molecular weight is 729 g/mol. The molecular formula is C31H26FIN4O4S2. The number of esters is 1. The smallest absolute Gasteiger partial charge is 0.357 e. The zero-order valence-corrected chi connectivity index (χ0v) is 26.9. The Morgan fingerprint density at radius 2 is 1.95 bits per heavy atom. The van der Waals surface area contributed by atoms with Crippen LogP contribution in [0.3, 0.4) is 0 Å². The van der Waals surface area contributed by atoms with Crippen molar-refractivity contribution < 1.29 is 23.5 Å². The number of methoxy groups -OCH3 is 1. The molecule has 3 heterocycles. The molecule has 0 bridgehead atoms. The molecule has 1 amide bonds. The van der Waals surface area contributed by atoms with E-state index < -0.39 is 5.97 Å². The molecule has 0 radical (unpaired) electrons. The number of thiazole rings is 2. The highest BCUT2D eigenvalue weighted by molar-refractivity contribution is 14.1. The number of para-hydroxylation sites is 1. The van der Waals surface area contributed by atoms with Crippen molar-refractivity contribution in [1.82, 2.24) is 9.97 Å². The summed E-state index contributed by atoms with van der Waals surface area (Å²) in [6.45, 7) is 1.54. The third-order valence-electron chi connectivity index (χ3n) is 7.08. The molecule has 0 atom stereocenters. The van der Waals surface area contributed by atoms with E-state index in [1.165, 1.54) is 35.8 Å². The lowest BCUT2D eigenvalue weighted by Gasteiger charge is -2.29. The molecule has 0 unspecified atom stereocenters. The van der Waals surface area contributed by atoms with Gasteiger partial charge in [0.25, 0.3) is 5.91 Å². The van der Waals surface area contributed by atoms with E-state index in [1.54, 1.807) is 12.1 Å². The topological polar surface area (TPSA) is 93.7 Å². The summed E-state index contributed by atoms with van der Waals surface area (Å²) < 4.78 is 26.1. The first-order chi connectivity index (χ1) is 20.9. The number of nitrogens with one attached hydrogen (secondary N) is 1. The number of amides is 1. The maximum absolute atomic E-state index is 13.8. The summed E-state index contributed by atoms with van der Waals surface area (Å²) in [5, 5.41) is 4.23. The number of aryl methyl sites for hydroxylation is 1. The van der Waals surface area contributed by atoms with Gasteiger partial charge in [0.2, 0.25) is 0 Å². The first kappa shape index (κ1) is 29.5. The molecule has 220 valence electrons. The van der Waals surface area contributed by atoms with E-state index in [9.17, 15) is 14.0 Å². The number of hydrogen-bond donors (Lipinski definition) is 1. The van der Waals surface area contributed by atoms with Gasteiger partial charge in [-0.1, -0.05) is 35.6 Å². The second-order valence-electron chi connectivity index (χ2n) is 9.84. The van der Waals surface area contributed by atoms with Crippen LogP contribution in [-0.4, -0.2) is 42.1 Å². The number of halogens is 2. The van der Waals surface area contributed by atoms with Gasteiger partial charge < -0.3 is 14.4 Å². The molecule has 1 aliphatic heterocycles. The summed E-state index contributed by atoms with van der Waals surface area (Å²) in [4.78, 5) is 38.1. The molecule has 0 spiro atoms. The van der Waals surface area contributed by atoms with E-state index in [0.717, 1.165) is 32.6 Å². The Morgan fingerprint density at radius 1 is 1.09 bits per heavy atom. The molecule has 1 N–H and O–H groups in total. The Kier molecular flexibility index (Phi) is 8.86. The second-order valence-corrected chi connectivity index (χ2v) is 13.1. The quantitative estimate of drug-likeness (QED) is 0.0983. The Hall–Kier alpha value is -3.62. The minimum Gasteiger partial charge on any atom is -0.493 e. The van der Waals surface area contributed by atoms with E-state index >= 15 is 0 Å². The minimum absolute atomic E-state index is 0.208. The van der Waals surface area contributed by atoms with Crippen LogP contribution in [0.2, 0.25) is 0 Å². The van der Waals surface area contributed by atoms with Crippen molar-refractivity contribution in [2.75, 3.05) is 30.5 Å². The van der Waals surface area contributed by atoms with Crippen LogP contribution >= 0.6 is 45.3 Å². The van der Waals surface area contributed by atoms with Gasteiger partial charge in [-0.3, -0.25) is 10.1 Å². The molecule has 0 fully saturated rings. The number of hydrogen-bond acceptors (Lipinski definition) is 9. The maximum atomic E-state index is 13.8. The summed E-state index contributed by atoms with van der Waals surface area (Å²) in [5.41, 5.74) is 3.77. The highest BCUT2D eigenvalue weighted by Gasteiger charge is 2.27. The first-order valence-electron chi connectivity index (χ1n) is 13.6. The van der Waals surface area contributed by atoms with E-state index in [2.05, 4.69) is 20.2 Å². The van der Waals surface area contributed by atoms with E-state index in [-0.39, 0.29) is 17.4 Å². The van der Waals surface area contributed by atoms with Gasteiger partial charge in [0.1, 0.15) is 11.6 Å². The van der Waals surface area contributed by atoms with Gasteiger partial charge in [-0.05, 0) is 83.3 Å². The molecule has 12 heteroatoms.